The lowest BCUT2D eigenvalue weighted by Crippen LogP contribution is -2.41. The molecule has 1 aliphatic rings. The Kier molecular flexibility index (Phi) is 7.83. The molecule has 5 heteroatoms. The maximum atomic E-state index is 12.7. The number of rotatable bonds is 8. The van der Waals surface area contributed by atoms with Crippen LogP contribution in [0.2, 0.25) is 18.1 Å². The summed E-state index contributed by atoms with van der Waals surface area (Å²) in [5.41, 5.74) is 0. The SMILES string of the molecule is CC[Si](CC)(CC)O[C@@H]1C[C@H](C(C)(C)Cl)[C@@H](C(=O)OC(C)C)[C@@H]1C. The highest BCUT2D eigenvalue weighted by atomic mass is 35.5. The van der Waals surface area contributed by atoms with Crippen molar-refractivity contribution in [2.45, 2.75) is 97.0 Å². The second kappa shape index (κ2) is 8.55. The molecule has 0 aliphatic heterocycles. The lowest BCUT2D eigenvalue weighted by Gasteiger charge is -2.34. The molecule has 1 rings (SSSR count). The van der Waals surface area contributed by atoms with Gasteiger partial charge in [0.1, 0.15) is 0 Å². The summed E-state index contributed by atoms with van der Waals surface area (Å²) < 4.78 is 12.3. The van der Waals surface area contributed by atoms with Crippen molar-refractivity contribution >= 4 is 25.9 Å². The number of alkyl halides is 1. The van der Waals surface area contributed by atoms with E-state index in [1.54, 1.807) is 0 Å². The molecule has 0 saturated heterocycles. The highest BCUT2D eigenvalue weighted by Crippen LogP contribution is 2.48. The van der Waals surface area contributed by atoms with Crippen LogP contribution in [0.4, 0.5) is 0 Å². The Morgan fingerprint density at radius 3 is 2.08 bits per heavy atom. The van der Waals surface area contributed by atoms with E-state index in [0.717, 1.165) is 24.6 Å². The second-order valence-electron chi connectivity index (χ2n) is 8.18. The lowest BCUT2D eigenvalue weighted by atomic mass is 9.82. The van der Waals surface area contributed by atoms with Crippen LogP contribution in [-0.2, 0) is 14.0 Å². The van der Waals surface area contributed by atoms with Crippen molar-refractivity contribution in [3.05, 3.63) is 0 Å². The van der Waals surface area contributed by atoms with Gasteiger partial charge in [-0.25, -0.2) is 0 Å². The minimum atomic E-state index is -1.70. The maximum Gasteiger partial charge on any atom is 0.309 e. The van der Waals surface area contributed by atoms with Crippen molar-refractivity contribution in [1.29, 1.82) is 0 Å². The first-order valence-corrected chi connectivity index (χ1v) is 12.5. The van der Waals surface area contributed by atoms with Crippen LogP contribution in [-0.4, -0.2) is 31.4 Å². The van der Waals surface area contributed by atoms with Gasteiger partial charge in [0, 0.05) is 11.0 Å². The number of halogens is 1. The molecule has 0 spiro atoms. The summed E-state index contributed by atoms with van der Waals surface area (Å²) in [4.78, 5) is 12.3. The van der Waals surface area contributed by atoms with Gasteiger partial charge in [0.25, 0.3) is 0 Å². The summed E-state index contributed by atoms with van der Waals surface area (Å²) in [6, 6.07) is 3.37. The minimum Gasteiger partial charge on any atom is -0.463 e. The maximum absolute atomic E-state index is 12.7. The molecular formula is C19H37ClO3Si. The molecule has 0 amide bonds. The van der Waals surface area contributed by atoms with E-state index in [9.17, 15) is 4.79 Å². The minimum absolute atomic E-state index is 0.0858. The Labute approximate surface area is 154 Å². The van der Waals surface area contributed by atoms with Gasteiger partial charge < -0.3 is 9.16 Å². The number of hydrogen-bond acceptors (Lipinski definition) is 3. The fraction of sp³-hybridized carbons (Fsp3) is 0.947. The third-order valence-electron chi connectivity index (χ3n) is 5.91. The van der Waals surface area contributed by atoms with Crippen LogP contribution in [0.3, 0.4) is 0 Å². The quantitative estimate of drug-likeness (QED) is 0.313. The van der Waals surface area contributed by atoms with Gasteiger partial charge in [-0.05, 0) is 64.1 Å². The van der Waals surface area contributed by atoms with Gasteiger partial charge in [0.05, 0.1) is 12.0 Å². The van der Waals surface area contributed by atoms with Crippen molar-refractivity contribution in [3.8, 4) is 0 Å². The first kappa shape index (κ1) is 22.0. The number of hydrogen-bond donors (Lipinski definition) is 0. The topological polar surface area (TPSA) is 35.5 Å². The molecule has 0 bridgehead atoms. The van der Waals surface area contributed by atoms with Gasteiger partial charge in [-0.15, -0.1) is 11.6 Å². The Morgan fingerprint density at radius 1 is 1.21 bits per heavy atom. The van der Waals surface area contributed by atoms with Gasteiger partial charge in [-0.2, -0.15) is 0 Å². The molecule has 1 fully saturated rings. The predicted octanol–water partition coefficient (Wildman–Crippen LogP) is 5.62. The monoisotopic (exact) mass is 376 g/mol. The summed E-state index contributed by atoms with van der Waals surface area (Å²) in [7, 11) is -1.70. The Morgan fingerprint density at radius 2 is 1.71 bits per heavy atom. The summed E-state index contributed by atoms with van der Waals surface area (Å²) >= 11 is 6.67. The third-order valence-corrected chi connectivity index (χ3v) is 10.9. The van der Waals surface area contributed by atoms with E-state index in [1.807, 2.05) is 27.7 Å². The molecule has 0 radical (unpaired) electrons. The lowest BCUT2D eigenvalue weighted by molar-refractivity contribution is -0.156. The Bertz CT molecular complexity index is 407. The Hall–Kier alpha value is -0.0631. The van der Waals surface area contributed by atoms with Crippen LogP contribution in [0.5, 0.6) is 0 Å². The molecule has 4 atom stereocenters. The van der Waals surface area contributed by atoms with E-state index >= 15 is 0 Å². The molecule has 24 heavy (non-hydrogen) atoms. The van der Waals surface area contributed by atoms with Crippen LogP contribution in [0.1, 0.15) is 61.8 Å². The molecule has 0 aromatic rings. The van der Waals surface area contributed by atoms with Crippen LogP contribution >= 0.6 is 11.6 Å². The van der Waals surface area contributed by atoms with Crippen molar-refractivity contribution in [3.63, 3.8) is 0 Å². The van der Waals surface area contributed by atoms with E-state index < -0.39 is 13.2 Å². The van der Waals surface area contributed by atoms with E-state index in [0.29, 0.717) is 0 Å². The van der Waals surface area contributed by atoms with E-state index in [1.165, 1.54) is 0 Å². The first-order chi connectivity index (χ1) is 11.0. The van der Waals surface area contributed by atoms with Gasteiger partial charge >= 0.3 is 5.97 Å². The fourth-order valence-corrected chi connectivity index (χ4v) is 7.26. The largest absolute Gasteiger partial charge is 0.463 e. The summed E-state index contributed by atoms with van der Waals surface area (Å²) in [5.74, 6) is -0.0558. The molecule has 0 aromatic carbocycles. The standard InChI is InChI=1S/C19H37ClO3Si/c1-9-24(10-2,11-3)23-16-12-15(19(7,8)20)17(14(16)6)18(21)22-13(4)5/h13-17H,9-12H2,1-8H3/t14-,15+,16-,17+/m1/s1. The first-order valence-electron chi connectivity index (χ1n) is 9.58. The van der Waals surface area contributed by atoms with Crippen molar-refractivity contribution in [1.82, 2.24) is 0 Å². The van der Waals surface area contributed by atoms with Crippen LogP contribution in [0.15, 0.2) is 0 Å². The number of carbonyl (C=O) groups is 1. The fourth-order valence-electron chi connectivity index (χ4n) is 4.08. The Balaban J connectivity index is 3.05. The van der Waals surface area contributed by atoms with Crippen LogP contribution in [0.25, 0.3) is 0 Å². The van der Waals surface area contributed by atoms with Crippen molar-refractivity contribution in [2.24, 2.45) is 17.8 Å². The summed E-state index contributed by atoms with van der Waals surface area (Å²) in [6.07, 6.45) is 0.869. The van der Waals surface area contributed by atoms with Crippen molar-refractivity contribution in [2.75, 3.05) is 0 Å². The normalized spacial score (nSPS) is 28.4. The zero-order valence-corrected chi connectivity index (χ0v) is 18.6. The van der Waals surface area contributed by atoms with Gasteiger partial charge in [-0.3, -0.25) is 4.79 Å². The highest BCUT2D eigenvalue weighted by Gasteiger charge is 2.52. The molecule has 142 valence electrons. The number of carbonyl (C=O) groups excluding carboxylic acids is 1. The average molecular weight is 377 g/mol. The van der Waals surface area contributed by atoms with Gasteiger partial charge in [-0.1, -0.05) is 27.7 Å². The third kappa shape index (κ3) is 4.98. The van der Waals surface area contributed by atoms with Crippen molar-refractivity contribution < 1.29 is 14.0 Å². The number of esters is 1. The smallest absolute Gasteiger partial charge is 0.309 e. The molecule has 0 heterocycles. The molecule has 0 unspecified atom stereocenters. The summed E-state index contributed by atoms with van der Waals surface area (Å²) in [5, 5.41) is 0. The van der Waals surface area contributed by atoms with Gasteiger partial charge in [0.15, 0.2) is 8.32 Å². The highest BCUT2D eigenvalue weighted by molar-refractivity contribution is 6.73. The van der Waals surface area contributed by atoms with E-state index in [2.05, 4.69) is 27.7 Å². The summed E-state index contributed by atoms with van der Waals surface area (Å²) in [6.45, 7) is 16.7. The van der Waals surface area contributed by atoms with E-state index in [4.69, 9.17) is 20.8 Å². The second-order valence-corrected chi connectivity index (χ2v) is 13.9. The van der Waals surface area contributed by atoms with Crippen LogP contribution in [0, 0.1) is 17.8 Å². The van der Waals surface area contributed by atoms with Crippen LogP contribution < -0.4 is 0 Å². The zero-order valence-electron chi connectivity index (χ0n) is 16.8. The van der Waals surface area contributed by atoms with Gasteiger partial charge in [0.2, 0.25) is 0 Å². The zero-order chi connectivity index (χ0) is 18.7. The molecule has 0 aromatic heterocycles. The molecular weight excluding hydrogens is 340 g/mol. The molecule has 1 saturated carbocycles. The average Bonchev–Trinajstić information content (AvgIpc) is 2.81. The molecule has 3 nitrogen and oxygen atoms in total. The predicted molar refractivity (Wildman–Crippen MR) is 104 cm³/mol. The molecule has 1 aliphatic carbocycles. The van der Waals surface area contributed by atoms with E-state index in [-0.39, 0.29) is 35.9 Å². The number of ether oxygens (including phenoxy) is 1. The molecule has 0 N–H and O–H groups in total.